The molecule has 1 saturated heterocycles. The lowest BCUT2D eigenvalue weighted by Gasteiger charge is -2.27. The van der Waals surface area contributed by atoms with E-state index in [1.165, 1.54) is 0 Å². The van der Waals surface area contributed by atoms with E-state index in [1.807, 2.05) is 6.92 Å². The van der Waals surface area contributed by atoms with Gasteiger partial charge in [0.1, 0.15) is 12.7 Å². The van der Waals surface area contributed by atoms with Crippen LogP contribution in [0.1, 0.15) is 40.5 Å². The minimum absolute atomic E-state index is 0.0257. The molecule has 1 aliphatic rings. The van der Waals surface area contributed by atoms with Gasteiger partial charge >= 0.3 is 7.12 Å². The molecule has 0 unspecified atom stereocenters. The van der Waals surface area contributed by atoms with E-state index in [0.29, 0.717) is 32.0 Å². The third-order valence-electron chi connectivity index (χ3n) is 3.85. The van der Waals surface area contributed by atoms with Crippen LogP contribution in [0.3, 0.4) is 0 Å². The number of β-amino-alcohol motifs (C(OH)–C–C–N with tert-alkyl or cyclic N) is 1. The Kier molecular flexibility index (Phi) is 11.9. The number of hydrogen-bond acceptors (Lipinski definition) is 10. The third kappa shape index (κ3) is 11.1. The van der Waals surface area contributed by atoms with Gasteiger partial charge in [0.15, 0.2) is 0 Å². The number of rotatable bonds is 9. The first-order valence-corrected chi connectivity index (χ1v) is 10.5. The average molecular weight is 418 g/mol. The second-order valence-electron chi connectivity index (χ2n) is 7.71. The molecule has 0 aliphatic carbocycles. The number of hydrogen-bond donors (Lipinski definition) is 4. The molecule has 28 heavy (non-hydrogen) atoms. The predicted octanol–water partition coefficient (Wildman–Crippen LogP) is 0.762. The van der Waals surface area contributed by atoms with E-state index < -0.39 is 13.2 Å². The number of nitrogens with one attached hydrogen (secondary N) is 1. The monoisotopic (exact) mass is 418 g/mol. The first-order chi connectivity index (χ1) is 13.2. The van der Waals surface area contributed by atoms with Crippen LogP contribution in [-0.2, 0) is 4.74 Å². The molecule has 0 aromatic carbocycles. The Morgan fingerprint density at radius 3 is 2.50 bits per heavy atom. The zero-order valence-corrected chi connectivity index (χ0v) is 18.2. The van der Waals surface area contributed by atoms with Crippen molar-refractivity contribution in [3.63, 3.8) is 0 Å². The van der Waals surface area contributed by atoms with Crippen LogP contribution < -0.4 is 15.0 Å². The molecule has 0 saturated carbocycles. The molecule has 4 N–H and O–H groups in total. The topological polar surface area (TPSA) is 120 Å². The van der Waals surface area contributed by atoms with E-state index in [2.05, 4.69) is 39.7 Å². The van der Waals surface area contributed by atoms with E-state index in [0.717, 1.165) is 43.5 Å². The van der Waals surface area contributed by atoms with Gasteiger partial charge in [0.05, 0.1) is 24.9 Å². The van der Waals surface area contributed by atoms with Crippen molar-refractivity contribution >= 4 is 24.7 Å². The summed E-state index contributed by atoms with van der Waals surface area (Å²) in [7, 11) is -1.10. The molecule has 2 heterocycles. The second kappa shape index (κ2) is 13.3. The first kappa shape index (κ1) is 25.1. The highest BCUT2D eigenvalue weighted by Gasteiger charge is 2.21. The summed E-state index contributed by atoms with van der Waals surface area (Å²) < 4.78 is 19.4. The summed E-state index contributed by atoms with van der Waals surface area (Å²) in [5, 5.41) is 29.7. The van der Waals surface area contributed by atoms with Crippen LogP contribution in [0.25, 0.3) is 0 Å². The van der Waals surface area contributed by atoms with Crippen LogP contribution in [0, 0.1) is 0 Å². The van der Waals surface area contributed by atoms with Gasteiger partial charge in [-0.25, -0.2) is 0 Å². The fourth-order valence-electron chi connectivity index (χ4n) is 2.28. The van der Waals surface area contributed by atoms with E-state index in [1.54, 1.807) is 0 Å². The van der Waals surface area contributed by atoms with Crippen molar-refractivity contribution in [1.82, 2.24) is 14.1 Å². The molecule has 1 atom stereocenters. The van der Waals surface area contributed by atoms with Gasteiger partial charge in [-0.15, -0.1) is 4.37 Å². The molecule has 0 amide bonds. The Bertz CT molecular complexity index is 524. The lowest BCUT2D eigenvalue weighted by Crippen LogP contribution is -2.42. The van der Waals surface area contributed by atoms with Crippen LogP contribution >= 0.6 is 11.7 Å². The maximum absolute atomic E-state index is 9.95. The van der Waals surface area contributed by atoms with Gasteiger partial charge in [-0.2, -0.15) is 4.37 Å². The lowest BCUT2D eigenvalue weighted by atomic mass is 9.84. The summed E-state index contributed by atoms with van der Waals surface area (Å²) in [6.07, 6.45) is 1.86. The highest BCUT2D eigenvalue weighted by molar-refractivity contribution is 6.99. The Morgan fingerprint density at radius 2 is 1.96 bits per heavy atom. The molecule has 1 fully saturated rings. The molecule has 1 aromatic heterocycles. The van der Waals surface area contributed by atoms with Crippen molar-refractivity contribution < 1.29 is 24.6 Å². The number of aromatic nitrogens is 2. The van der Waals surface area contributed by atoms with Gasteiger partial charge in [0.25, 0.3) is 5.88 Å². The smallest absolute Gasteiger partial charge is 0.451 e. The summed E-state index contributed by atoms with van der Waals surface area (Å²) in [5.41, 5.74) is -0.0257. The first-order valence-electron chi connectivity index (χ1n) is 9.80. The van der Waals surface area contributed by atoms with Crippen LogP contribution in [0.4, 0.5) is 5.82 Å². The standard InChI is InChI=1S/C13H24N4O3S.C4H11BO2/c1-13(2,3)14-8-10(18)9-20-12-11(15-21-16-12)17-4-6-19-7-5-17;1-2-3-4-5(6)7/h10,14,18H,4-9H2,1-3H3;6-7H,2-4H2,1H3/t10-;/m0./s1. The zero-order chi connectivity index (χ0) is 21.0. The molecule has 1 aliphatic heterocycles. The molecule has 9 nitrogen and oxygen atoms in total. The van der Waals surface area contributed by atoms with Crippen molar-refractivity contribution in [2.24, 2.45) is 0 Å². The van der Waals surface area contributed by atoms with E-state index in [4.69, 9.17) is 19.5 Å². The Balaban J connectivity index is 0.000000480. The van der Waals surface area contributed by atoms with Gasteiger partial charge in [0.2, 0.25) is 5.82 Å². The van der Waals surface area contributed by atoms with Gasteiger partial charge in [-0.1, -0.05) is 19.8 Å². The number of ether oxygens (including phenoxy) is 2. The van der Waals surface area contributed by atoms with Gasteiger partial charge in [-0.05, 0) is 27.1 Å². The van der Waals surface area contributed by atoms with E-state index >= 15 is 0 Å². The summed E-state index contributed by atoms with van der Waals surface area (Å²) in [4.78, 5) is 2.10. The molecular weight excluding hydrogens is 383 g/mol. The summed E-state index contributed by atoms with van der Waals surface area (Å²) >= 11 is 1.12. The molecule has 0 spiro atoms. The van der Waals surface area contributed by atoms with Crippen molar-refractivity contribution in [2.45, 2.75) is 58.5 Å². The highest BCUT2D eigenvalue weighted by atomic mass is 32.1. The number of anilines is 1. The van der Waals surface area contributed by atoms with Crippen LogP contribution in [0.15, 0.2) is 0 Å². The third-order valence-corrected chi connectivity index (χ3v) is 4.35. The van der Waals surface area contributed by atoms with Crippen LogP contribution in [0.5, 0.6) is 5.88 Å². The number of unbranched alkanes of at least 4 members (excludes halogenated alkanes) is 1. The zero-order valence-electron chi connectivity index (χ0n) is 17.4. The van der Waals surface area contributed by atoms with Crippen molar-refractivity contribution in [3.8, 4) is 5.88 Å². The average Bonchev–Trinajstić information content (AvgIpc) is 3.12. The Labute approximate surface area is 172 Å². The highest BCUT2D eigenvalue weighted by Crippen LogP contribution is 2.26. The maximum atomic E-state index is 9.95. The Hall–Kier alpha value is -0.975. The van der Waals surface area contributed by atoms with Gasteiger partial charge < -0.3 is 34.8 Å². The van der Waals surface area contributed by atoms with Crippen molar-refractivity contribution in [2.75, 3.05) is 44.4 Å². The van der Waals surface area contributed by atoms with Gasteiger partial charge in [0, 0.05) is 25.2 Å². The van der Waals surface area contributed by atoms with E-state index in [-0.39, 0.29) is 12.1 Å². The van der Waals surface area contributed by atoms with Crippen LogP contribution in [0.2, 0.25) is 6.32 Å². The molecule has 0 radical (unpaired) electrons. The molecule has 11 heteroatoms. The van der Waals surface area contributed by atoms with Crippen molar-refractivity contribution in [1.29, 1.82) is 0 Å². The molecule has 2 rings (SSSR count). The largest absolute Gasteiger partial charge is 0.472 e. The van der Waals surface area contributed by atoms with Gasteiger partial charge in [-0.3, -0.25) is 0 Å². The number of nitrogens with zero attached hydrogens (tertiary/aromatic N) is 3. The summed E-state index contributed by atoms with van der Waals surface area (Å²) in [5.74, 6) is 1.25. The lowest BCUT2D eigenvalue weighted by molar-refractivity contribution is 0.0975. The molecule has 162 valence electrons. The van der Waals surface area contributed by atoms with Crippen molar-refractivity contribution in [3.05, 3.63) is 0 Å². The fourth-order valence-corrected chi connectivity index (χ4v) is 2.80. The SMILES string of the molecule is CC(C)(C)NC[C@H](O)COc1nsnc1N1CCOCC1.CCCCB(O)O. The minimum atomic E-state index is -1.10. The van der Waals surface area contributed by atoms with Crippen LogP contribution in [-0.4, -0.2) is 82.1 Å². The summed E-state index contributed by atoms with van der Waals surface area (Å²) in [6.45, 7) is 11.8. The molecular formula is C17H35BN4O5S. The summed E-state index contributed by atoms with van der Waals surface area (Å²) in [6, 6.07) is 0. The maximum Gasteiger partial charge on any atom is 0.451 e. The number of aliphatic hydroxyl groups excluding tert-OH is 1. The van der Waals surface area contributed by atoms with E-state index in [9.17, 15) is 5.11 Å². The minimum Gasteiger partial charge on any atom is -0.472 e. The fraction of sp³-hybridized carbons (Fsp3) is 0.882. The predicted molar refractivity (Wildman–Crippen MR) is 112 cm³/mol. The number of morpholine rings is 1. The molecule has 0 bridgehead atoms. The normalized spacial score (nSPS) is 15.6. The Morgan fingerprint density at radius 1 is 1.29 bits per heavy atom. The molecule has 1 aromatic rings. The number of aliphatic hydroxyl groups is 1. The quantitative estimate of drug-likeness (QED) is 0.431. The second-order valence-corrected chi connectivity index (χ2v) is 8.24.